The Morgan fingerprint density at radius 3 is 2.50 bits per heavy atom. The van der Waals surface area contributed by atoms with Gasteiger partial charge in [0.2, 0.25) is 0 Å². The lowest BCUT2D eigenvalue weighted by molar-refractivity contribution is 0.486. The van der Waals surface area contributed by atoms with Crippen molar-refractivity contribution in [2.24, 2.45) is 0 Å². The Hall–Kier alpha value is -0.850. The molecule has 0 saturated heterocycles. The molecule has 2 aromatic rings. The number of hydrogen-bond donors (Lipinski definition) is 0. The molecule has 0 saturated carbocycles. The van der Waals surface area contributed by atoms with Crippen molar-refractivity contribution in [1.82, 2.24) is 0 Å². The van der Waals surface area contributed by atoms with E-state index in [1.54, 1.807) is 18.2 Å². The Kier molecular flexibility index (Phi) is 3.79. The van der Waals surface area contributed by atoms with Gasteiger partial charge in [0.25, 0.3) is 0 Å². The summed E-state index contributed by atoms with van der Waals surface area (Å²) in [6.45, 7) is 3.75. The molecule has 96 valence electrons. The van der Waals surface area contributed by atoms with Crippen LogP contribution in [0.5, 0.6) is 5.75 Å². The maximum atomic E-state index is 12.0. The molecule has 0 aliphatic heterocycles. The third kappa shape index (κ3) is 2.76. The van der Waals surface area contributed by atoms with Crippen molar-refractivity contribution in [3.8, 4) is 5.75 Å². The highest BCUT2D eigenvalue weighted by Gasteiger charge is 2.20. The highest BCUT2D eigenvalue weighted by atomic mass is 79.9. The van der Waals surface area contributed by atoms with Crippen LogP contribution in [0.25, 0.3) is 0 Å². The van der Waals surface area contributed by atoms with Crippen molar-refractivity contribution in [3.05, 3.63) is 45.2 Å². The lowest BCUT2D eigenvalue weighted by Crippen LogP contribution is -2.09. The Bertz CT molecular complexity index is 674. The molecule has 0 atom stereocenters. The van der Waals surface area contributed by atoms with Crippen LogP contribution in [0.15, 0.2) is 38.3 Å². The average Bonchev–Trinajstić information content (AvgIpc) is 2.72. The van der Waals surface area contributed by atoms with Crippen LogP contribution >= 0.6 is 27.3 Å². The molecule has 0 fully saturated rings. The molecule has 0 spiro atoms. The van der Waals surface area contributed by atoms with Crippen LogP contribution < -0.4 is 4.18 Å². The van der Waals surface area contributed by atoms with Crippen LogP contribution in [-0.4, -0.2) is 8.42 Å². The van der Waals surface area contributed by atoms with Crippen LogP contribution in [-0.2, 0) is 10.1 Å². The topological polar surface area (TPSA) is 43.4 Å². The van der Waals surface area contributed by atoms with E-state index in [1.165, 1.54) is 6.07 Å². The first-order valence-electron chi connectivity index (χ1n) is 5.16. The predicted molar refractivity (Wildman–Crippen MR) is 75.7 cm³/mol. The van der Waals surface area contributed by atoms with Crippen molar-refractivity contribution in [2.45, 2.75) is 18.1 Å². The number of benzene rings is 1. The highest BCUT2D eigenvalue weighted by Crippen LogP contribution is 2.30. The normalized spacial score (nSPS) is 11.5. The van der Waals surface area contributed by atoms with E-state index in [-0.39, 0.29) is 4.21 Å². The average molecular weight is 347 g/mol. The lowest BCUT2D eigenvalue weighted by Gasteiger charge is -2.09. The fourth-order valence-electron chi connectivity index (χ4n) is 1.41. The van der Waals surface area contributed by atoms with E-state index in [1.807, 2.05) is 19.9 Å². The van der Waals surface area contributed by atoms with Crippen LogP contribution in [0.2, 0.25) is 0 Å². The Morgan fingerprint density at radius 2 is 1.89 bits per heavy atom. The summed E-state index contributed by atoms with van der Waals surface area (Å²) in [5.74, 6) is 0.375. The van der Waals surface area contributed by atoms with Gasteiger partial charge in [-0.2, -0.15) is 8.42 Å². The van der Waals surface area contributed by atoms with Crippen molar-refractivity contribution in [2.75, 3.05) is 0 Å². The fourth-order valence-corrected chi connectivity index (χ4v) is 4.36. The molecule has 6 heteroatoms. The SMILES string of the molecule is Cc1cccc(OS(=O)(=O)c2ccc(Br)s2)c1C. The standard InChI is InChI=1S/C12H11BrO3S2/c1-8-4-3-5-10(9(8)2)16-18(14,15)12-7-6-11(13)17-12/h3-7H,1-2H3. The Balaban J connectivity index is 2.37. The second-order valence-electron chi connectivity index (χ2n) is 3.79. The zero-order chi connectivity index (χ0) is 13.3. The van der Waals surface area contributed by atoms with E-state index >= 15 is 0 Å². The molecule has 3 nitrogen and oxygen atoms in total. The molecule has 0 unspecified atom stereocenters. The van der Waals surface area contributed by atoms with Gasteiger partial charge in [0, 0.05) is 0 Å². The van der Waals surface area contributed by atoms with Crippen molar-refractivity contribution in [1.29, 1.82) is 0 Å². The molecular weight excluding hydrogens is 336 g/mol. The Labute approximate surface area is 119 Å². The summed E-state index contributed by atoms with van der Waals surface area (Å²) in [5.41, 5.74) is 1.83. The first kappa shape index (κ1) is 13.6. The van der Waals surface area contributed by atoms with E-state index < -0.39 is 10.1 Å². The fraction of sp³-hybridized carbons (Fsp3) is 0.167. The molecule has 0 bridgehead atoms. The summed E-state index contributed by atoms with van der Waals surface area (Å²) in [6.07, 6.45) is 0. The van der Waals surface area contributed by atoms with Crippen molar-refractivity contribution >= 4 is 37.4 Å². The zero-order valence-corrected chi connectivity index (χ0v) is 13.0. The molecule has 18 heavy (non-hydrogen) atoms. The second kappa shape index (κ2) is 5.03. The number of thiophene rings is 1. The minimum atomic E-state index is -3.74. The minimum Gasteiger partial charge on any atom is -0.378 e. The molecule has 1 aromatic heterocycles. The van der Waals surface area contributed by atoms with Gasteiger partial charge in [0.15, 0.2) is 4.21 Å². The van der Waals surface area contributed by atoms with E-state index in [2.05, 4.69) is 15.9 Å². The second-order valence-corrected chi connectivity index (χ2v) is 8.03. The molecule has 0 aliphatic carbocycles. The van der Waals surface area contributed by atoms with E-state index in [9.17, 15) is 8.42 Å². The zero-order valence-electron chi connectivity index (χ0n) is 9.81. The van der Waals surface area contributed by atoms with Crippen LogP contribution in [0, 0.1) is 13.8 Å². The lowest BCUT2D eigenvalue weighted by atomic mass is 10.1. The molecule has 0 N–H and O–H groups in total. The van der Waals surface area contributed by atoms with Crippen LogP contribution in [0.4, 0.5) is 0 Å². The molecule has 0 amide bonds. The molecule has 0 aliphatic rings. The molecule has 1 heterocycles. The summed E-state index contributed by atoms with van der Waals surface area (Å²) < 4.78 is 30.2. The van der Waals surface area contributed by atoms with Gasteiger partial charge in [-0.3, -0.25) is 0 Å². The summed E-state index contributed by atoms with van der Waals surface area (Å²) in [7, 11) is -3.74. The van der Waals surface area contributed by atoms with Gasteiger partial charge in [0.05, 0.1) is 3.79 Å². The van der Waals surface area contributed by atoms with Gasteiger partial charge >= 0.3 is 10.1 Å². The van der Waals surface area contributed by atoms with Gasteiger partial charge in [-0.1, -0.05) is 12.1 Å². The number of hydrogen-bond acceptors (Lipinski definition) is 4. The third-order valence-corrected chi connectivity index (χ3v) is 5.86. The number of rotatable bonds is 3. The third-order valence-electron chi connectivity index (χ3n) is 2.55. The predicted octanol–water partition coefficient (Wildman–Crippen LogP) is 3.90. The largest absolute Gasteiger partial charge is 0.378 e. The quantitative estimate of drug-likeness (QED) is 0.791. The molecule has 0 radical (unpaired) electrons. The summed E-state index contributed by atoms with van der Waals surface area (Å²) in [4.78, 5) is 0. The highest BCUT2D eigenvalue weighted by molar-refractivity contribution is 9.11. The number of halogens is 1. The van der Waals surface area contributed by atoms with E-state index in [0.717, 1.165) is 26.3 Å². The maximum absolute atomic E-state index is 12.0. The van der Waals surface area contributed by atoms with Gasteiger partial charge in [-0.25, -0.2) is 0 Å². The van der Waals surface area contributed by atoms with Crippen molar-refractivity contribution < 1.29 is 12.6 Å². The molecule has 2 rings (SSSR count). The molecular formula is C12H11BrO3S2. The number of aryl methyl sites for hydroxylation is 1. The van der Waals surface area contributed by atoms with Gasteiger partial charge < -0.3 is 4.18 Å². The van der Waals surface area contributed by atoms with Gasteiger partial charge in [0.1, 0.15) is 5.75 Å². The van der Waals surface area contributed by atoms with E-state index in [4.69, 9.17) is 4.18 Å². The summed E-state index contributed by atoms with van der Waals surface area (Å²) >= 11 is 4.36. The Morgan fingerprint density at radius 1 is 1.17 bits per heavy atom. The first-order chi connectivity index (χ1) is 8.40. The summed E-state index contributed by atoms with van der Waals surface area (Å²) in [5, 5.41) is 0. The smallest absolute Gasteiger partial charge is 0.348 e. The van der Waals surface area contributed by atoms with Crippen LogP contribution in [0.1, 0.15) is 11.1 Å². The maximum Gasteiger partial charge on any atom is 0.348 e. The van der Waals surface area contributed by atoms with Gasteiger partial charge in [-0.05, 0) is 59.1 Å². The van der Waals surface area contributed by atoms with E-state index in [0.29, 0.717) is 5.75 Å². The monoisotopic (exact) mass is 346 g/mol. The van der Waals surface area contributed by atoms with Crippen LogP contribution in [0.3, 0.4) is 0 Å². The first-order valence-corrected chi connectivity index (χ1v) is 8.18. The molecule has 1 aromatic carbocycles. The van der Waals surface area contributed by atoms with Gasteiger partial charge in [-0.15, -0.1) is 11.3 Å². The minimum absolute atomic E-state index is 0.190. The van der Waals surface area contributed by atoms with Crippen molar-refractivity contribution in [3.63, 3.8) is 0 Å². The summed E-state index contributed by atoms with van der Waals surface area (Å²) in [6, 6.07) is 8.55.